The fourth-order valence-corrected chi connectivity index (χ4v) is 3.06. The van der Waals surface area contributed by atoms with Crippen molar-refractivity contribution in [2.24, 2.45) is 5.92 Å². The Kier molecular flexibility index (Phi) is 8.70. The van der Waals surface area contributed by atoms with Gasteiger partial charge in [0.1, 0.15) is 0 Å². The highest BCUT2D eigenvalue weighted by molar-refractivity contribution is 4.77. The van der Waals surface area contributed by atoms with Crippen LogP contribution in [0.5, 0.6) is 0 Å². The van der Waals surface area contributed by atoms with Crippen molar-refractivity contribution in [3.8, 4) is 0 Å². The van der Waals surface area contributed by atoms with Crippen molar-refractivity contribution in [3.05, 3.63) is 0 Å². The first-order chi connectivity index (χ1) is 8.77. The Balaban J connectivity index is 2.01. The lowest BCUT2D eigenvalue weighted by atomic mass is 9.84. The third-order valence-corrected chi connectivity index (χ3v) is 4.62. The second kappa shape index (κ2) is 9.80. The van der Waals surface area contributed by atoms with Crippen molar-refractivity contribution >= 4 is 0 Å². The summed E-state index contributed by atoms with van der Waals surface area (Å²) >= 11 is 0. The molecule has 0 amide bonds. The maximum atomic E-state index is 3.57. The Hall–Kier alpha value is -0.0800. The monoisotopic (exact) mass is 254 g/mol. The van der Waals surface area contributed by atoms with Crippen molar-refractivity contribution in [2.75, 3.05) is 26.7 Å². The molecule has 0 unspecified atom stereocenters. The molecule has 0 aromatic heterocycles. The summed E-state index contributed by atoms with van der Waals surface area (Å²) in [4.78, 5) is 2.58. The van der Waals surface area contributed by atoms with Gasteiger partial charge in [-0.2, -0.15) is 0 Å². The first kappa shape index (κ1) is 16.0. The van der Waals surface area contributed by atoms with Gasteiger partial charge in [-0.1, -0.05) is 33.1 Å². The molecule has 2 heteroatoms. The Bertz CT molecular complexity index is 186. The van der Waals surface area contributed by atoms with E-state index in [2.05, 4.69) is 31.1 Å². The van der Waals surface area contributed by atoms with Gasteiger partial charge in [0.05, 0.1) is 0 Å². The minimum atomic E-state index is 0.852. The lowest BCUT2D eigenvalue weighted by molar-refractivity contribution is 0.164. The number of likely N-dealkylation sites (N-methyl/N-ethyl adjacent to an activating group) is 1. The third-order valence-electron chi connectivity index (χ3n) is 4.62. The van der Waals surface area contributed by atoms with E-state index in [1.54, 1.807) is 0 Å². The highest BCUT2D eigenvalue weighted by Gasteiger charge is 2.22. The minimum absolute atomic E-state index is 0.852. The lowest BCUT2D eigenvalue weighted by Crippen LogP contribution is -2.39. The van der Waals surface area contributed by atoms with E-state index in [9.17, 15) is 0 Å². The molecule has 2 nitrogen and oxygen atoms in total. The van der Waals surface area contributed by atoms with Crippen LogP contribution in [0.1, 0.15) is 65.2 Å². The van der Waals surface area contributed by atoms with Crippen molar-refractivity contribution in [1.82, 2.24) is 10.2 Å². The van der Waals surface area contributed by atoms with Gasteiger partial charge in [0.15, 0.2) is 0 Å². The predicted octanol–water partition coefficient (Wildman–Crippen LogP) is 3.67. The van der Waals surface area contributed by atoms with E-state index in [0.717, 1.165) is 18.5 Å². The summed E-state index contributed by atoms with van der Waals surface area (Å²) in [6.07, 6.45) is 11.2. The van der Waals surface area contributed by atoms with Gasteiger partial charge in [0, 0.05) is 19.1 Å². The van der Waals surface area contributed by atoms with Gasteiger partial charge in [0.2, 0.25) is 0 Å². The molecule has 0 saturated heterocycles. The standard InChI is InChI=1S/C16H34N2/c1-4-6-7-12-17-13-14-18(3)16-10-8-15(5-2)9-11-16/h15-17H,4-14H2,1-3H3. The first-order valence-corrected chi connectivity index (χ1v) is 8.18. The van der Waals surface area contributed by atoms with E-state index in [0.29, 0.717) is 0 Å². The fraction of sp³-hybridized carbons (Fsp3) is 1.00. The highest BCUT2D eigenvalue weighted by atomic mass is 15.1. The van der Waals surface area contributed by atoms with Gasteiger partial charge < -0.3 is 10.2 Å². The van der Waals surface area contributed by atoms with Crippen LogP contribution in [-0.4, -0.2) is 37.6 Å². The van der Waals surface area contributed by atoms with Crippen LogP contribution in [0.15, 0.2) is 0 Å². The minimum Gasteiger partial charge on any atom is -0.315 e. The molecule has 0 heterocycles. The summed E-state index contributed by atoms with van der Waals surface area (Å²) in [6, 6.07) is 0.852. The molecule has 0 aromatic carbocycles. The molecule has 1 fully saturated rings. The largest absolute Gasteiger partial charge is 0.315 e. The summed E-state index contributed by atoms with van der Waals surface area (Å²) in [6.45, 7) is 8.18. The average Bonchev–Trinajstić information content (AvgIpc) is 2.42. The quantitative estimate of drug-likeness (QED) is 0.632. The Morgan fingerprint density at radius 1 is 1.00 bits per heavy atom. The van der Waals surface area contributed by atoms with Crippen LogP contribution in [0, 0.1) is 5.92 Å². The van der Waals surface area contributed by atoms with Gasteiger partial charge in [-0.15, -0.1) is 0 Å². The maximum Gasteiger partial charge on any atom is 0.0107 e. The molecule has 18 heavy (non-hydrogen) atoms. The number of nitrogens with one attached hydrogen (secondary N) is 1. The van der Waals surface area contributed by atoms with Gasteiger partial charge in [-0.25, -0.2) is 0 Å². The van der Waals surface area contributed by atoms with Crippen molar-refractivity contribution in [2.45, 2.75) is 71.3 Å². The van der Waals surface area contributed by atoms with Crippen molar-refractivity contribution in [3.63, 3.8) is 0 Å². The van der Waals surface area contributed by atoms with Gasteiger partial charge in [-0.05, 0) is 51.6 Å². The third kappa shape index (κ3) is 6.19. The van der Waals surface area contributed by atoms with Crippen LogP contribution in [0.4, 0.5) is 0 Å². The second-order valence-corrected chi connectivity index (χ2v) is 6.02. The van der Waals surface area contributed by atoms with Crippen LogP contribution in [0.25, 0.3) is 0 Å². The van der Waals surface area contributed by atoms with Crippen LogP contribution < -0.4 is 5.32 Å². The number of hydrogen-bond donors (Lipinski definition) is 1. The van der Waals surface area contributed by atoms with Crippen LogP contribution in [-0.2, 0) is 0 Å². The van der Waals surface area contributed by atoms with Crippen molar-refractivity contribution < 1.29 is 0 Å². The molecule has 0 atom stereocenters. The molecule has 1 rings (SSSR count). The van der Waals surface area contributed by atoms with Crippen LogP contribution >= 0.6 is 0 Å². The van der Waals surface area contributed by atoms with E-state index in [1.165, 1.54) is 64.5 Å². The summed E-state index contributed by atoms with van der Waals surface area (Å²) in [7, 11) is 2.31. The van der Waals surface area contributed by atoms with E-state index in [-0.39, 0.29) is 0 Å². The zero-order chi connectivity index (χ0) is 13.2. The topological polar surface area (TPSA) is 15.3 Å². The molecule has 1 N–H and O–H groups in total. The molecule has 0 spiro atoms. The zero-order valence-electron chi connectivity index (χ0n) is 12.9. The van der Waals surface area contributed by atoms with Gasteiger partial charge >= 0.3 is 0 Å². The SMILES string of the molecule is CCCCCNCCN(C)C1CCC(CC)CC1. The fourth-order valence-electron chi connectivity index (χ4n) is 3.06. The zero-order valence-corrected chi connectivity index (χ0v) is 12.9. The molecule has 1 saturated carbocycles. The van der Waals surface area contributed by atoms with Crippen LogP contribution in [0.2, 0.25) is 0 Å². The predicted molar refractivity (Wildman–Crippen MR) is 81.1 cm³/mol. The van der Waals surface area contributed by atoms with Gasteiger partial charge in [0.25, 0.3) is 0 Å². The van der Waals surface area contributed by atoms with Crippen LogP contribution in [0.3, 0.4) is 0 Å². The molecule has 108 valence electrons. The number of rotatable bonds is 9. The first-order valence-electron chi connectivity index (χ1n) is 8.18. The average molecular weight is 254 g/mol. The van der Waals surface area contributed by atoms with Crippen molar-refractivity contribution in [1.29, 1.82) is 0 Å². The highest BCUT2D eigenvalue weighted by Crippen LogP contribution is 2.28. The maximum absolute atomic E-state index is 3.57. The summed E-state index contributed by atoms with van der Waals surface area (Å²) in [5.41, 5.74) is 0. The second-order valence-electron chi connectivity index (χ2n) is 6.02. The Morgan fingerprint density at radius 2 is 1.72 bits per heavy atom. The summed E-state index contributed by atoms with van der Waals surface area (Å²) < 4.78 is 0. The summed E-state index contributed by atoms with van der Waals surface area (Å²) in [5.74, 6) is 1.02. The van der Waals surface area contributed by atoms with E-state index >= 15 is 0 Å². The molecular weight excluding hydrogens is 220 g/mol. The Morgan fingerprint density at radius 3 is 2.33 bits per heavy atom. The number of unbranched alkanes of at least 4 members (excludes halogenated alkanes) is 2. The number of nitrogens with zero attached hydrogens (tertiary/aromatic N) is 1. The van der Waals surface area contributed by atoms with Gasteiger partial charge in [-0.3, -0.25) is 0 Å². The molecule has 0 bridgehead atoms. The number of hydrogen-bond acceptors (Lipinski definition) is 2. The normalized spacial score (nSPS) is 24.7. The van der Waals surface area contributed by atoms with E-state index < -0.39 is 0 Å². The molecule has 1 aliphatic carbocycles. The van der Waals surface area contributed by atoms with E-state index in [4.69, 9.17) is 0 Å². The molecule has 0 aromatic rings. The van der Waals surface area contributed by atoms with E-state index in [1.807, 2.05) is 0 Å². The molecule has 0 aliphatic heterocycles. The molecular formula is C16H34N2. The Labute approximate surface area is 115 Å². The smallest absolute Gasteiger partial charge is 0.0107 e. The summed E-state index contributed by atoms with van der Waals surface area (Å²) in [5, 5.41) is 3.57. The molecule has 0 radical (unpaired) electrons. The lowest BCUT2D eigenvalue weighted by Gasteiger charge is -2.34. The molecule has 1 aliphatic rings.